The third kappa shape index (κ3) is 1.71. The highest BCUT2D eigenvalue weighted by atomic mass is 19.1. The largest absolute Gasteiger partial charge is 0.306 e. The maximum absolute atomic E-state index is 12.9. The third-order valence-corrected chi connectivity index (χ3v) is 2.67. The summed E-state index contributed by atoms with van der Waals surface area (Å²) in [6, 6.07) is 10.0. The van der Waals surface area contributed by atoms with E-state index in [-0.39, 0.29) is 5.82 Å². The van der Waals surface area contributed by atoms with Crippen LogP contribution < -0.4 is 5.46 Å². The molecule has 0 unspecified atom stereocenters. The molecule has 0 amide bonds. The van der Waals surface area contributed by atoms with E-state index in [1.807, 2.05) is 16.5 Å². The normalized spacial score (nSPS) is 10.9. The zero-order chi connectivity index (χ0) is 11.8. The lowest BCUT2D eigenvalue weighted by atomic mass is 9.98. The zero-order valence-corrected chi connectivity index (χ0v) is 8.97. The van der Waals surface area contributed by atoms with Crippen LogP contribution in [0.3, 0.4) is 0 Å². The Labute approximate surface area is 99.1 Å². The Kier molecular flexibility index (Phi) is 2.21. The van der Waals surface area contributed by atoms with Gasteiger partial charge in [-0.2, -0.15) is 0 Å². The Morgan fingerprint density at radius 1 is 1.06 bits per heavy atom. The molecule has 1 aromatic carbocycles. The van der Waals surface area contributed by atoms with Crippen molar-refractivity contribution in [3.63, 3.8) is 0 Å². The molecule has 2 radical (unpaired) electrons. The van der Waals surface area contributed by atoms with Crippen molar-refractivity contribution >= 4 is 18.8 Å². The van der Waals surface area contributed by atoms with E-state index in [9.17, 15) is 4.39 Å². The number of rotatable bonds is 1. The minimum absolute atomic E-state index is 0.249. The van der Waals surface area contributed by atoms with Crippen LogP contribution >= 0.6 is 0 Å². The van der Waals surface area contributed by atoms with E-state index in [0.717, 1.165) is 16.8 Å². The van der Waals surface area contributed by atoms with Crippen LogP contribution in [0.1, 0.15) is 0 Å². The van der Waals surface area contributed by atoms with Crippen LogP contribution in [-0.2, 0) is 0 Å². The molecule has 0 atom stereocenters. The number of hydrogen-bond donors (Lipinski definition) is 0. The number of benzene rings is 1. The quantitative estimate of drug-likeness (QED) is 0.575. The standard InChI is InChI=1S/C13H8BFN2/c14-10-3-6-12-13(16-8-17(12)7-10)9-1-4-11(15)5-2-9/h1-8H. The van der Waals surface area contributed by atoms with Gasteiger partial charge in [0.2, 0.25) is 0 Å². The van der Waals surface area contributed by atoms with Crippen LogP contribution in [0.5, 0.6) is 0 Å². The molecule has 17 heavy (non-hydrogen) atoms. The van der Waals surface area contributed by atoms with Crippen molar-refractivity contribution in [1.29, 1.82) is 0 Å². The molecule has 80 valence electrons. The first-order valence-electron chi connectivity index (χ1n) is 5.22. The van der Waals surface area contributed by atoms with Gasteiger partial charge in [0, 0.05) is 11.8 Å². The molecule has 0 bridgehead atoms. The van der Waals surface area contributed by atoms with Gasteiger partial charge in [-0.05, 0) is 30.3 Å². The first-order chi connectivity index (χ1) is 8.24. The molecule has 0 saturated carbocycles. The van der Waals surface area contributed by atoms with Crippen LogP contribution in [0.15, 0.2) is 48.9 Å². The van der Waals surface area contributed by atoms with Gasteiger partial charge in [-0.25, -0.2) is 9.37 Å². The predicted octanol–water partition coefficient (Wildman–Crippen LogP) is 1.93. The van der Waals surface area contributed by atoms with E-state index in [0.29, 0.717) is 5.46 Å². The lowest BCUT2D eigenvalue weighted by Gasteiger charge is -2.00. The van der Waals surface area contributed by atoms with E-state index in [1.165, 1.54) is 12.1 Å². The summed E-state index contributed by atoms with van der Waals surface area (Å²) in [7, 11) is 5.69. The average molecular weight is 222 g/mol. The van der Waals surface area contributed by atoms with Crippen molar-refractivity contribution < 1.29 is 4.39 Å². The van der Waals surface area contributed by atoms with Gasteiger partial charge >= 0.3 is 0 Å². The summed E-state index contributed by atoms with van der Waals surface area (Å²) in [5.74, 6) is -0.249. The number of pyridine rings is 1. The minimum atomic E-state index is -0.249. The number of nitrogens with zero attached hydrogens (tertiary/aromatic N) is 2. The van der Waals surface area contributed by atoms with Gasteiger partial charge in [-0.15, -0.1) is 0 Å². The smallest absolute Gasteiger partial charge is 0.123 e. The lowest BCUT2D eigenvalue weighted by Crippen LogP contribution is -2.03. The van der Waals surface area contributed by atoms with Gasteiger partial charge in [-0.3, -0.25) is 0 Å². The van der Waals surface area contributed by atoms with E-state index >= 15 is 0 Å². The molecular weight excluding hydrogens is 214 g/mol. The Morgan fingerprint density at radius 3 is 2.59 bits per heavy atom. The molecule has 0 spiro atoms. The van der Waals surface area contributed by atoms with Gasteiger partial charge in [0.15, 0.2) is 0 Å². The first-order valence-corrected chi connectivity index (χ1v) is 5.22. The van der Waals surface area contributed by atoms with Gasteiger partial charge in [-0.1, -0.05) is 11.5 Å². The highest BCUT2D eigenvalue weighted by molar-refractivity contribution is 6.32. The number of hydrogen-bond acceptors (Lipinski definition) is 1. The van der Waals surface area contributed by atoms with E-state index in [1.54, 1.807) is 24.7 Å². The van der Waals surface area contributed by atoms with Crippen LogP contribution in [0.4, 0.5) is 4.39 Å². The van der Waals surface area contributed by atoms with Gasteiger partial charge in [0.25, 0.3) is 0 Å². The van der Waals surface area contributed by atoms with Crippen LogP contribution in [0.2, 0.25) is 0 Å². The fourth-order valence-corrected chi connectivity index (χ4v) is 1.85. The Balaban J connectivity index is 2.21. The molecule has 3 rings (SSSR count). The number of aromatic nitrogens is 2. The van der Waals surface area contributed by atoms with E-state index in [2.05, 4.69) is 4.98 Å². The first kappa shape index (κ1) is 10.1. The molecule has 0 aliphatic heterocycles. The van der Waals surface area contributed by atoms with Crippen molar-refractivity contribution in [2.75, 3.05) is 0 Å². The topological polar surface area (TPSA) is 17.3 Å². The van der Waals surface area contributed by atoms with Crippen molar-refractivity contribution in [2.24, 2.45) is 0 Å². The Morgan fingerprint density at radius 2 is 1.82 bits per heavy atom. The molecule has 4 heteroatoms. The highest BCUT2D eigenvalue weighted by Gasteiger charge is 2.06. The van der Waals surface area contributed by atoms with Crippen molar-refractivity contribution in [1.82, 2.24) is 9.38 Å². The molecule has 0 N–H and O–H groups in total. The molecule has 0 fully saturated rings. The zero-order valence-electron chi connectivity index (χ0n) is 8.97. The monoisotopic (exact) mass is 222 g/mol. The minimum Gasteiger partial charge on any atom is -0.306 e. The van der Waals surface area contributed by atoms with Crippen molar-refractivity contribution in [2.45, 2.75) is 0 Å². The molecule has 0 aliphatic rings. The fourth-order valence-electron chi connectivity index (χ4n) is 1.85. The van der Waals surface area contributed by atoms with Crippen LogP contribution in [-0.4, -0.2) is 17.2 Å². The summed E-state index contributed by atoms with van der Waals surface area (Å²) in [5.41, 5.74) is 3.34. The molecule has 2 heterocycles. The summed E-state index contributed by atoms with van der Waals surface area (Å²) in [6.45, 7) is 0. The summed E-state index contributed by atoms with van der Waals surface area (Å²) in [4.78, 5) is 4.32. The average Bonchev–Trinajstić information content (AvgIpc) is 2.73. The summed E-state index contributed by atoms with van der Waals surface area (Å²) >= 11 is 0. The Bertz CT molecular complexity index is 673. The second-order valence-corrected chi connectivity index (χ2v) is 3.86. The van der Waals surface area contributed by atoms with Crippen LogP contribution in [0.25, 0.3) is 16.8 Å². The van der Waals surface area contributed by atoms with Gasteiger partial charge in [0.1, 0.15) is 13.7 Å². The maximum atomic E-state index is 12.9. The second-order valence-electron chi connectivity index (χ2n) is 3.86. The summed E-state index contributed by atoms with van der Waals surface area (Å²) < 4.78 is 14.7. The summed E-state index contributed by atoms with van der Waals surface area (Å²) in [5, 5.41) is 0. The highest BCUT2D eigenvalue weighted by Crippen LogP contribution is 2.22. The fraction of sp³-hybridized carbons (Fsp3) is 0. The second kappa shape index (κ2) is 3.73. The van der Waals surface area contributed by atoms with Crippen molar-refractivity contribution in [3.8, 4) is 11.3 Å². The van der Waals surface area contributed by atoms with E-state index < -0.39 is 0 Å². The SMILES string of the molecule is [B]c1ccc2c(-c3ccc(F)cc3)ncn2c1. The molecule has 2 nitrogen and oxygen atoms in total. The third-order valence-electron chi connectivity index (χ3n) is 2.67. The number of fused-ring (bicyclic) bond motifs is 1. The predicted molar refractivity (Wildman–Crippen MR) is 66.0 cm³/mol. The molecule has 0 aliphatic carbocycles. The lowest BCUT2D eigenvalue weighted by molar-refractivity contribution is 0.628. The number of halogens is 1. The van der Waals surface area contributed by atoms with Gasteiger partial charge < -0.3 is 4.40 Å². The number of imidazole rings is 1. The van der Waals surface area contributed by atoms with Crippen molar-refractivity contribution in [3.05, 3.63) is 54.7 Å². The Hall–Kier alpha value is -2.10. The van der Waals surface area contributed by atoms with Gasteiger partial charge in [0.05, 0.1) is 17.5 Å². The van der Waals surface area contributed by atoms with E-state index in [4.69, 9.17) is 7.85 Å². The molecule has 2 aromatic heterocycles. The molecule has 0 saturated heterocycles. The molecular formula is C13H8BFN2. The summed E-state index contributed by atoms with van der Waals surface area (Å²) in [6.07, 6.45) is 3.50. The molecule has 3 aromatic rings. The maximum Gasteiger partial charge on any atom is 0.123 e. The van der Waals surface area contributed by atoms with Crippen LogP contribution in [0, 0.1) is 5.82 Å².